The summed E-state index contributed by atoms with van der Waals surface area (Å²) in [7, 11) is 0. The van der Waals surface area contributed by atoms with E-state index in [4.69, 9.17) is 15.5 Å². The van der Waals surface area contributed by atoms with Crippen LogP contribution in [-0.2, 0) is 9.53 Å². The Morgan fingerprint density at radius 2 is 1.59 bits per heavy atom. The Kier molecular flexibility index (Phi) is 4.26. The van der Waals surface area contributed by atoms with Crippen LogP contribution >= 0.6 is 0 Å². The summed E-state index contributed by atoms with van der Waals surface area (Å²) >= 11 is 0. The molecule has 0 saturated heterocycles. The van der Waals surface area contributed by atoms with Gasteiger partial charge in [0.05, 0.1) is 16.8 Å². The number of para-hydroxylation sites is 1. The number of esters is 1. The Balaban J connectivity index is 1.91. The van der Waals surface area contributed by atoms with Gasteiger partial charge < -0.3 is 10.5 Å². The zero-order valence-electron chi connectivity index (χ0n) is 14.4. The number of amides is 1. The van der Waals surface area contributed by atoms with Crippen LogP contribution in [0.1, 0.15) is 10.4 Å². The highest BCUT2D eigenvalue weighted by atomic mass is 16.5. The number of hydrogen-bond acceptors (Lipinski definition) is 4. The van der Waals surface area contributed by atoms with Crippen molar-refractivity contribution in [2.24, 2.45) is 5.73 Å². The number of aromatic nitrogens is 1. The van der Waals surface area contributed by atoms with Crippen LogP contribution in [0.25, 0.3) is 32.9 Å². The zero-order chi connectivity index (χ0) is 18.8. The second kappa shape index (κ2) is 6.88. The predicted molar refractivity (Wildman–Crippen MR) is 104 cm³/mol. The molecule has 0 aliphatic rings. The number of pyridine rings is 1. The van der Waals surface area contributed by atoms with Crippen LogP contribution in [0.15, 0.2) is 72.8 Å². The molecule has 1 heterocycles. The Bertz CT molecular complexity index is 1180. The quantitative estimate of drug-likeness (QED) is 0.565. The molecular formula is C22H16N2O3. The number of rotatable bonds is 4. The summed E-state index contributed by atoms with van der Waals surface area (Å²) < 4.78 is 5.03. The third kappa shape index (κ3) is 3.22. The average Bonchev–Trinajstić information content (AvgIpc) is 2.70. The summed E-state index contributed by atoms with van der Waals surface area (Å²) in [6, 6.07) is 23.0. The molecule has 4 rings (SSSR count). The third-order valence-electron chi connectivity index (χ3n) is 4.35. The van der Waals surface area contributed by atoms with Crippen LogP contribution in [0.5, 0.6) is 0 Å². The van der Waals surface area contributed by atoms with Crippen molar-refractivity contribution in [3.8, 4) is 11.3 Å². The number of primary amides is 1. The van der Waals surface area contributed by atoms with Crippen molar-refractivity contribution in [2.45, 2.75) is 0 Å². The van der Waals surface area contributed by atoms with Crippen molar-refractivity contribution < 1.29 is 14.3 Å². The molecule has 1 amide bonds. The van der Waals surface area contributed by atoms with Gasteiger partial charge in [-0.3, -0.25) is 4.79 Å². The molecule has 4 aromatic rings. The van der Waals surface area contributed by atoms with Crippen molar-refractivity contribution in [1.82, 2.24) is 4.98 Å². The van der Waals surface area contributed by atoms with E-state index >= 15 is 0 Å². The van der Waals surface area contributed by atoms with Gasteiger partial charge in [-0.05, 0) is 22.9 Å². The van der Waals surface area contributed by atoms with E-state index in [1.165, 1.54) is 0 Å². The molecular weight excluding hydrogens is 340 g/mol. The lowest BCUT2D eigenvalue weighted by molar-refractivity contribution is -0.121. The Labute approximate surface area is 155 Å². The van der Waals surface area contributed by atoms with Gasteiger partial charge in [-0.2, -0.15) is 0 Å². The maximum absolute atomic E-state index is 12.6. The highest BCUT2D eigenvalue weighted by Crippen LogP contribution is 2.30. The molecule has 0 radical (unpaired) electrons. The van der Waals surface area contributed by atoms with Crippen LogP contribution in [0, 0.1) is 0 Å². The maximum atomic E-state index is 12.6. The fourth-order valence-corrected chi connectivity index (χ4v) is 3.15. The first kappa shape index (κ1) is 16.7. The van der Waals surface area contributed by atoms with Crippen molar-refractivity contribution in [2.75, 3.05) is 6.61 Å². The van der Waals surface area contributed by atoms with Crippen LogP contribution in [0.2, 0.25) is 0 Å². The highest BCUT2D eigenvalue weighted by Gasteiger charge is 2.16. The number of carbonyl (C=O) groups is 2. The Hall–Kier alpha value is -3.73. The molecule has 132 valence electrons. The van der Waals surface area contributed by atoms with Crippen molar-refractivity contribution in [3.05, 3.63) is 78.4 Å². The molecule has 0 bridgehead atoms. The summed E-state index contributed by atoms with van der Waals surface area (Å²) in [4.78, 5) is 28.3. The van der Waals surface area contributed by atoms with Gasteiger partial charge in [0, 0.05) is 10.9 Å². The summed E-state index contributed by atoms with van der Waals surface area (Å²) in [5.41, 5.74) is 7.70. The molecule has 0 spiro atoms. The second-order valence-electron chi connectivity index (χ2n) is 6.14. The molecule has 0 unspecified atom stereocenters. The van der Waals surface area contributed by atoms with E-state index in [2.05, 4.69) is 0 Å². The normalized spacial score (nSPS) is 10.8. The monoisotopic (exact) mass is 356 g/mol. The molecule has 3 aromatic carbocycles. The molecule has 5 heteroatoms. The molecule has 0 saturated carbocycles. The van der Waals surface area contributed by atoms with Crippen molar-refractivity contribution >= 4 is 33.6 Å². The first-order valence-electron chi connectivity index (χ1n) is 8.47. The number of nitrogens with zero attached hydrogens (tertiary/aromatic N) is 1. The lowest BCUT2D eigenvalue weighted by Gasteiger charge is -2.11. The summed E-state index contributed by atoms with van der Waals surface area (Å²) in [6.07, 6.45) is 0. The minimum atomic E-state index is -0.698. The molecule has 27 heavy (non-hydrogen) atoms. The van der Waals surface area contributed by atoms with Crippen LogP contribution < -0.4 is 5.73 Å². The lowest BCUT2D eigenvalue weighted by atomic mass is 9.99. The zero-order valence-corrected chi connectivity index (χ0v) is 14.4. The van der Waals surface area contributed by atoms with Gasteiger partial charge >= 0.3 is 5.97 Å². The lowest BCUT2D eigenvalue weighted by Crippen LogP contribution is -2.21. The molecule has 0 aliphatic heterocycles. The molecule has 0 aliphatic carbocycles. The average molecular weight is 356 g/mol. The summed E-state index contributed by atoms with van der Waals surface area (Å²) in [5.74, 6) is -1.30. The van der Waals surface area contributed by atoms with E-state index in [-0.39, 0.29) is 0 Å². The van der Waals surface area contributed by atoms with E-state index in [0.717, 1.165) is 16.3 Å². The number of ether oxygens (including phenoxy) is 1. The van der Waals surface area contributed by atoms with Gasteiger partial charge in [-0.25, -0.2) is 9.78 Å². The SMILES string of the molecule is NC(=O)COC(=O)c1cc(-c2cccc3ccccc23)nc2ccccc12. The smallest absolute Gasteiger partial charge is 0.339 e. The molecule has 5 nitrogen and oxygen atoms in total. The minimum Gasteiger partial charge on any atom is -0.452 e. The van der Waals surface area contributed by atoms with Crippen molar-refractivity contribution in [1.29, 1.82) is 0 Å². The van der Waals surface area contributed by atoms with Crippen molar-refractivity contribution in [3.63, 3.8) is 0 Å². The minimum absolute atomic E-state index is 0.352. The van der Waals surface area contributed by atoms with E-state index < -0.39 is 18.5 Å². The van der Waals surface area contributed by atoms with Gasteiger partial charge in [0.1, 0.15) is 0 Å². The largest absolute Gasteiger partial charge is 0.452 e. The number of fused-ring (bicyclic) bond motifs is 2. The second-order valence-corrected chi connectivity index (χ2v) is 6.14. The Morgan fingerprint density at radius 1 is 0.889 bits per heavy atom. The summed E-state index contributed by atoms with van der Waals surface area (Å²) in [5, 5.41) is 2.79. The van der Waals surface area contributed by atoms with Gasteiger partial charge in [0.15, 0.2) is 6.61 Å². The highest BCUT2D eigenvalue weighted by molar-refractivity contribution is 6.06. The summed E-state index contributed by atoms with van der Waals surface area (Å²) in [6.45, 7) is -0.459. The molecule has 1 aromatic heterocycles. The molecule has 0 atom stereocenters. The number of nitrogens with two attached hydrogens (primary N) is 1. The van der Waals surface area contributed by atoms with Gasteiger partial charge in [0.2, 0.25) is 0 Å². The van der Waals surface area contributed by atoms with Crippen LogP contribution in [-0.4, -0.2) is 23.5 Å². The third-order valence-corrected chi connectivity index (χ3v) is 4.35. The van der Waals surface area contributed by atoms with E-state index in [9.17, 15) is 9.59 Å². The fourth-order valence-electron chi connectivity index (χ4n) is 3.15. The topological polar surface area (TPSA) is 82.3 Å². The predicted octanol–water partition coefficient (Wildman–Crippen LogP) is 3.70. The fraction of sp³-hybridized carbons (Fsp3) is 0.0455. The molecule has 2 N–H and O–H groups in total. The first-order valence-corrected chi connectivity index (χ1v) is 8.47. The number of hydrogen-bond donors (Lipinski definition) is 1. The first-order chi connectivity index (χ1) is 13.1. The van der Waals surface area contributed by atoms with E-state index in [0.29, 0.717) is 22.2 Å². The van der Waals surface area contributed by atoms with E-state index in [1.807, 2.05) is 60.7 Å². The van der Waals surface area contributed by atoms with Gasteiger partial charge in [0.25, 0.3) is 5.91 Å². The van der Waals surface area contributed by atoms with Crippen LogP contribution in [0.3, 0.4) is 0 Å². The van der Waals surface area contributed by atoms with Gasteiger partial charge in [-0.1, -0.05) is 60.7 Å². The maximum Gasteiger partial charge on any atom is 0.339 e. The molecule has 0 fully saturated rings. The van der Waals surface area contributed by atoms with Crippen LogP contribution in [0.4, 0.5) is 0 Å². The standard InChI is InChI=1S/C22H16N2O3/c23-21(25)13-27-22(26)18-12-20(24-19-11-4-3-9-17(18)19)16-10-5-7-14-6-1-2-8-15(14)16/h1-12H,13H2,(H2,23,25). The number of benzene rings is 3. The van der Waals surface area contributed by atoms with E-state index in [1.54, 1.807) is 12.1 Å². The van der Waals surface area contributed by atoms with Gasteiger partial charge in [-0.15, -0.1) is 0 Å². The number of carbonyl (C=O) groups excluding carboxylic acids is 2. The Morgan fingerprint density at radius 3 is 2.41 bits per heavy atom.